The maximum absolute atomic E-state index is 12.5. The number of benzene rings is 2. The second kappa shape index (κ2) is 6.86. The van der Waals surface area contributed by atoms with Gasteiger partial charge in [0.15, 0.2) is 0 Å². The second-order valence-corrected chi connectivity index (χ2v) is 6.45. The van der Waals surface area contributed by atoms with Crippen LogP contribution in [-0.2, 0) is 4.79 Å². The van der Waals surface area contributed by atoms with Gasteiger partial charge < -0.3 is 10.6 Å². The monoisotopic (exact) mass is 310 g/mol. The molecule has 0 aliphatic rings. The zero-order valence-corrected chi connectivity index (χ0v) is 14.9. The lowest BCUT2D eigenvalue weighted by molar-refractivity contribution is -0.116. The molecule has 1 atom stereocenters. The van der Waals surface area contributed by atoms with Gasteiger partial charge in [-0.2, -0.15) is 0 Å². The van der Waals surface area contributed by atoms with Crippen LogP contribution in [0.3, 0.4) is 0 Å². The fourth-order valence-corrected chi connectivity index (χ4v) is 2.80. The molecule has 0 saturated carbocycles. The Morgan fingerprint density at radius 3 is 2.09 bits per heavy atom. The first-order chi connectivity index (χ1) is 10.8. The van der Waals surface area contributed by atoms with Gasteiger partial charge in [0.1, 0.15) is 6.04 Å². The fourth-order valence-electron chi connectivity index (χ4n) is 2.80. The number of hydrogen-bond acceptors (Lipinski definition) is 2. The van der Waals surface area contributed by atoms with E-state index < -0.39 is 0 Å². The maximum atomic E-state index is 12.5. The van der Waals surface area contributed by atoms with Crippen LogP contribution in [0.2, 0.25) is 0 Å². The second-order valence-electron chi connectivity index (χ2n) is 6.45. The number of aryl methyl sites for hydroxylation is 5. The van der Waals surface area contributed by atoms with Gasteiger partial charge in [0, 0.05) is 11.4 Å². The van der Waals surface area contributed by atoms with Crippen molar-refractivity contribution >= 4 is 17.3 Å². The van der Waals surface area contributed by atoms with Crippen LogP contribution < -0.4 is 10.6 Å². The average Bonchev–Trinajstić information content (AvgIpc) is 2.46. The molecule has 3 heteroatoms. The Balaban J connectivity index is 2.13. The third-order valence-electron chi connectivity index (χ3n) is 4.08. The van der Waals surface area contributed by atoms with Crippen LogP contribution in [0.4, 0.5) is 11.4 Å². The largest absolute Gasteiger partial charge is 0.374 e. The van der Waals surface area contributed by atoms with E-state index in [9.17, 15) is 4.79 Å². The summed E-state index contributed by atoms with van der Waals surface area (Å²) >= 11 is 0. The van der Waals surface area contributed by atoms with Crippen LogP contribution in [0.15, 0.2) is 30.3 Å². The van der Waals surface area contributed by atoms with Crippen molar-refractivity contribution in [1.82, 2.24) is 0 Å². The molecule has 0 saturated heterocycles. The molecular formula is C20H26N2O. The van der Waals surface area contributed by atoms with Crippen molar-refractivity contribution in [3.05, 3.63) is 58.1 Å². The quantitative estimate of drug-likeness (QED) is 0.861. The summed E-state index contributed by atoms with van der Waals surface area (Å²) in [5.74, 6) is -0.0269. The van der Waals surface area contributed by atoms with E-state index in [4.69, 9.17) is 0 Å². The predicted molar refractivity (Wildman–Crippen MR) is 98.3 cm³/mol. The molecule has 23 heavy (non-hydrogen) atoms. The van der Waals surface area contributed by atoms with Crippen molar-refractivity contribution in [2.45, 2.75) is 47.6 Å². The first kappa shape index (κ1) is 17.1. The van der Waals surface area contributed by atoms with Crippen LogP contribution in [0.5, 0.6) is 0 Å². The molecule has 0 heterocycles. The van der Waals surface area contributed by atoms with Gasteiger partial charge >= 0.3 is 0 Å². The van der Waals surface area contributed by atoms with Crippen molar-refractivity contribution in [3.63, 3.8) is 0 Å². The lowest BCUT2D eigenvalue weighted by atomic mass is 10.0. The number of rotatable bonds is 4. The van der Waals surface area contributed by atoms with E-state index in [1.165, 1.54) is 11.1 Å². The zero-order valence-electron chi connectivity index (χ0n) is 14.9. The molecule has 0 fully saturated rings. The van der Waals surface area contributed by atoms with Gasteiger partial charge in [-0.15, -0.1) is 0 Å². The van der Waals surface area contributed by atoms with Crippen molar-refractivity contribution in [1.29, 1.82) is 0 Å². The topological polar surface area (TPSA) is 41.1 Å². The van der Waals surface area contributed by atoms with E-state index in [0.29, 0.717) is 0 Å². The minimum Gasteiger partial charge on any atom is -0.374 e. The molecule has 3 nitrogen and oxygen atoms in total. The maximum Gasteiger partial charge on any atom is 0.246 e. The summed E-state index contributed by atoms with van der Waals surface area (Å²) in [6, 6.07) is 10.1. The summed E-state index contributed by atoms with van der Waals surface area (Å²) in [5, 5.41) is 6.37. The number of anilines is 2. The summed E-state index contributed by atoms with van der Waals surface area (Å²) < 4.78 is 0. The molecule has 2 N–H and O–H groups in total. The zero-order chi connectivity index (χ0) is 17.1. The van der Waals surface area contributed by atoms with E-state index in [1.54, 1.807) is 0 Å². The fraction of sp³-hybridized carbons (Fsp3) is 0.350. The number of nitrogens with one attached hydrogen (secondary N) is 2. The van der Waals surface area contributed by atoms with Crippen molar-refractivity contribution in [3.8, 4) is 0 Å². The molecule has 122 valence electrons. The van der Waals surface area contributed by atoms with Crippen molar-refractivity contribution < 1.29 is 4.79 Å². The standard InChI is InChI=1S/C20H26N2O/c1-12-7-8-14(3)18(11-12)21-17(6)20(23)22-19-15(4)9-13(2)10-16(19)5/h7-11,17,21H,1-6H3,(H,22,23)/t17-/m1/s1. The summed E-state index contributed by atoms with van der Waals surface area (Å²) in [5.41, 5.74) is 7.62. The molecular weight excluding hydrogens is 284 g/mol. The molecule has 0 bridgehead atoms. The summed E-state index contributed by atoms with van der Waals surface area (Å²) in [6.45, 7) is 12.1. The van der Waals surface area contributed by atoms with Crippen LogP contribution in [0.25, 0.3) is 0 Å². The smallest absolute Gasteiger partial charge is 0.246 e. The van der Waals surface area contributed by atoms with Gasteiger partial charge in [0.2, 0.25) is 5.91 Å². The van der Waals surface area contributed by atoms with Gasteiger partial charge in [-0.25, -0.2) is 0 Å². The Bertz CT molecular complexity index is 711. The Hall–Kier alpha value is -2.29. The van der Waals surface area contributed by atoms with Gasteiger partial charge in [-0.05, 0) is 69.9 Å². The number of carbonyl (C=O) groups is 1. The van der Waals surface area contributed by atoms with Crippen molar-refractivity contribution in [2.24, 2.45) is 0 Å². The predicted octanol–water partition coefficient (Wildman–Crippen LogP) is 4.67. The molecule has 1 amide bonds. The first-order valence-electron chi connectivity index (χ1n) is 8.00. The summed E-state index contributed by atoms with van der Waals surface area (Å²) in [6.07, 6.45) is 0. The molecule has 0 spiro atoms. The molecule has 0 radical (unpaired) electrons. The Labute approximate surface area is 139 Å². The highest BCUT2D eigenvalue weighted by Gasteiger charge is 2.16. The molecule has 0 aliphatic heterocycles. The number of amides is 1. The van der Waals surface area contributed by atoms with E-state index in [2.05, 4.69) is 47.9 Å². The third-order valence-corrected chi connectivity index (χ3v) is 4.08. The minimum atomic E-state index is -0.310. The Morgan fingerprint density at radius 1 is 0.870 bits per heavy atom. The van der Waals surface area contributed by atoms with Gasteiger partial charge in [-0.1, -0.05) is 29.8 Å². The Kier molecular flexibility index (Phi) is 5.09. The lowest BCUT2D eigenvalue weighted by Gasteiger charge is -2.19. The normalized spacial score (nSPS) is 11.9. The Morgan fingerprint density at radius 2 is 1.48 bits per heavy atom. The highest BCUT2D eigenvalue weighted by atomic mass is 16.2. The van der Waals surface area contributed by atoms with Crippen molar-refractivity contribution in [2.75, 3.05) is 10.6 Å². The molecule has 2 aromatic rings. The van der Waals surface area contributed by atoms with Gasteiger partial charge in [-0.3, -0.25) is 4.79 Å². The van der Waals surface area contributed by atoms with Gasteiger partial charge in [0.25, 0.3) is 0 Å². The molecule has 0 unspecified atom stereocenters. The van der Waals surface area contributed by atoms with E-state index in [-0.39, 0.29) is 11.9 Å². The third kappa shape index (κ3) is 4.13. The molecule has 0 aliphatic carbocycles. The van der Waals surface area contributed by atoms with E-state index >= 15 is 0 Å². The molecule has 2 aromatic carbocycles. The molecule has 2 rings (SSSR count). The van der Waals surface area contributed by atoms with E-state index in [0.717, 1.165) is 28.1 Å². The van der Waals surface area contributed by atoms with Crippen LogP contribution >= 0.6 is 0 Å². The summed E-state index contributed by atoms with van der Waals surface area (Å²) in [7, 11) is 0. The van der Waals surface area contributed by atoms with Crippen LogP contribution in [0, 0.1) is 34.6 Å². The first-order valence-corrected chi connectivity index (χ1v) is 8.00. The van der Waals surface area contributed by atoms with Gasteiger partial charge in [0.05, 0.1) is 0 Å². The summed E-state index contributed by atoms with van der Waals surface area (Å²) in [4.78, 5) is 12.5. The highest BCUT2D eigenvalue weighted by molar-refractivity contribution is 5.97. The number of hydrogen-bond donors (Lipinski definition) is 2. The highest BCUT2D eigenvalue weighted by Crippen LogP contribution is 2.23. The lowest BCUT2D eigenvalue weighted by Crippen LogP contribution is -2.32. The SMILES string of the molecule is Cc1cc(C)c(NC(=O)[C@@H](C)Nc2cc(C)ccc2C)c(C)c1. The van der Waals surface area contributed by atoms with Crippen LogP contribution in [-0.4, -0.2) is 11.9 Å². The van der Waals surface area contributed by atoms with E-state index in [1.807, 2.05) is 34.6 Å². The molecule has 0 aromatic heterocycles. The average molecular weight is 310 g/mol. The minimum absolute atomic E-state index is 0.0269. The number of carbonyl (C=O) groups excluding carboxylic acids is 1. The van der Waals surface area contributed by atoms with Crippen LogP contribution in [0.1, 0.15) is 34.7 Å².